The van der Waals surface area contributed by atoms with E-state index in [9.17, 15) is 9.59 Å². The number of carbonyl (C=O) groups excluding carboxylic acids is 2. The van der Waals surface area contributed by atoms with E-state index in [1.54, 1.807) is 16.9 Å². The van der Waals surface area contributed by atoms with E-state index in [2.05, 4.69) is 15.0 Å². The van der Waals surface area contributed by atoms with Crippen LogP contribution >= 0.6 is 0 Å². The lowest BCUT2D eigenvalue weighted by atomic mass is 9.94. The first kappa shape index (κ1) is 20.7. The van der Waals surface area contributed by atoms with E-state index in [0.717, 1.165) is 50.0 Å². The van der Waals surface area contributed by atoms with Gasteiger partial charge in [-0.15, -0.1) is 0 Å². The predicted octanol–water partition coefficient (Wildman–Crippen LogP) is 3.65. The fourth-order valence-electron chi connectivity index (χ4n) is 4.92. The number of aromatic nitrogens is 3. The molecule has 2 aliphatic rings. The van der Waals surface area contributed by atoms with Crippen LogP contribution in [0, 0.1) is 5.92 Å². The number of hydrogen-bond acceptors (Lipinski definition) is 4. The molecule has 7 nitrogen and oxygen atoms in total. The first-order chi connectivity index (χ1) is 15.7. The maximum atomic E-state index is 13.3. The molecule has 0 atom stereocenters. The van der Waals surface area contributed by atoms with Crippen LogP contribution in [0.25, 0.3) is 16.9 Å². The van der Waals surface area contributed by atoms with Crippen LogP contribution in [-0.2, 0) is 4.79 Å². The molecule has 1 aromatic carbocycles. The average Bonchev–Trinajstić information content (AvgIpc) is 3.10. The van der Waals surface area contributed by atoms with Crippen molar-refractivity contribution >= 4 is 17.5 Å². The van der Waals surface area contributed by atoms with E-state index in [4.69, 9.17) is 0 Å². The van der Waals surface area contributed by atoms with Crippen LogP contribution in [0.2, 0.25) is 0 Å². The van der Waals surface area contributed by atoms with Crippen molar-refractivity contribution in [1.29, 1.82) is 0 Å². The number of benzene rings is 1. The van der Waals surface area contributed by atoms with Crippen molar-refractivity contribution < 1.29 is 9.59 Å². The van der Waals surface area contributed by atoms with E-state index in [1.807, 2.05) is 41.3 Å². The maximum Gasteiger partial charge on any atom is 0.259 e. The molecule has 0 bridgehead atoms. The highest BCUT2D eigenvalue weighted by Crippen LogP contribution is 2.25. The summed E-state index contributed by atoms with van der Waals surface area (Å²) in [5.74, 6) is 0.256. The summed E-state index contributed by atoms with van der Waals surface area (Å²) in [6, 6.07) is 11.9. The Morgan fingerprint density at radius 3 is 2.28 bits per heavy atom. The third kappa shape index (κ3) is 3.99. The van der Waals surface area contributed by atoms with Crippen LogP contribution in [0.3, 0.4) is 0 Å². The molecule has 2 fully saturated rings. The van der Waals surface area contributed by atoms with Crippen LogP contribution < -0.4 is 0 Å². The summed E-state index contributed by atoms with van der Waals surface area (Å²) in [4.78, 5) is 34.6. The molecule has 2 aliphatic heterocycles. The molecule has 2 saturated heterocycles. The van der Waals surface area contributed by atoms with Gasteiger partial charge in [0.05, 0.1) is 11.9 Å². The van der Waals surface area contributed by atoms with E-state index in [1.165, 1.54) is 12.8 Å². The van der Waals surface area contributed by atoms with Gasteiger partial charge in [-0.3, -0.25) is 9.59 Å². The summed E-state index contributed by atoms with van der Waals surface area (Å²) in [5, 5.41) is 4.47. The lowest BCUT2D eigenvalue weighted by Gasteiger charge is -2.34. The lowest BCUT2D eigenvalue weighted by Crippen LogP contribution is -2.44. The predicted molar refractivity (Wildman–Crippen MR) is 122 cm³/mol. The zero-order chi connectivity index (χ0) is 21.9. The number of amides is 2. The Kier molecular flexibility index (Phi) is 5.88. The van der Waals surface area contributed by atoms with Crippen molar-refractivity contribution in [2.75, 3.05) is 26.2 Å². The Morgan fingerprint density at radius 1 is 0.844 bits per heavy atom. The summed E-state index contributed by atoms with van der Waals surface area (Å²) >= 11 is 0. The third-order valence-corrected chi connectivity index (χ3v) is 6.75. The van der Waals surface area contributed by atoms with Crippen LogP contribution in [0.1, 0.15) is 48.9 Å². The lowest BCUT2D eigenvalue weighted by molar-refractivity contribution is -0.136. The number of nitrogens with zero attached hydrogens (tertiary/aromatic N) is 5. The van der Waals surface area contributed by atoms with E-state index in [0.29, 0.717) is 24.3 Å². The van der Waals surface area contributed by atoms with E-state index >= 15 is 0 Å². The Morgan fingerprint density at radius 2 is 1.56 bits per heavy atom. The molecule has 0 unspecified atom stereocenters. The molecule has 0 saturated carbocycles. The second-order valence-corrected chi connectivity index (χ2v) is 8.80. The molecule has 3 aromatic rings. The standard InChI is InChI=1S/C25H29N5O2/c31-24(28-14-6-1-2-7-15-28)20-11-16-29(17-12-20)25(32)21-18-27-30-22(10-13-26-23(21)30)19-8-4-3-5-9-19/h3-5,8-10,13,18,20H,1-2,6-7,11-12,14-17H2. The quantitative estimate of drug-likeness (QED) is 0.635. The normalized spacial score (nSPS) is 18.0. The number of fused-ring (bicyclic) bond motifs is 1. The van der Waals surface area contributed by atoms with Crippen molar-refractivity contribution in [2.24, 2.45) is 5.92 Å². The van der Waals surface area contributed by atoms with E-state index < -0.39 is 0 Å². The summed E-state index contributed by atoms with van der Waals surface area (Å²) in [6.45, 7) is 2.96. The van der Waals surface area contributed by atoms with Gasteiger partial charge < -0.3 is 9.80 Å². The highest BCUT2D eigenvalue weighted by Gasteiger charge is 2.31. The van der Waals surface area contributed by atoms with Gasteiger partial charge in [0, 0.05) is 43.9 Å². The Labute approximate surface area is 188 Å². The smallest absolute Gasteiger partial charge is 0.259 e. The van der Waals surface area contributed by atoms with Gasteiger partial charge in [0.2, 0.25) is 5.91 Å². The SMILES string of the molecule is O=C(c1cnn2c(-c3ccccc3)ccnc12)N1CCC(C(=O)N2CCCCCC2)CC1. The zero-order valence-corrected chi connectivity index (χ0v) is 18.3. The topological polar surface area (TPSA) is 70.8 Å². The van der Waals surface area contributed by atoms with Gasteiger partial charge in [0.25, 0.3) is 5.91 Å². The van der Waals surface area contributed by atoms with Gasteiger partial charge in [-0.25, -0.2) is 9.50 Å². The third-order valence-electron chi connectivity index (χ3n) is 6.75. The maximum absolute atomic E-state index is 13.3. The van der Waals surface area contributed by atoms with Crippen LogP contribution in [-0.4, -0.2) is 62.4 Å². The summed E-state index contributed by atoms with van der Waals surface area (Å²) in [6.07, 6.45) is 9.44. The monoisotopic (exact) mass is 431 g/mol. The minimum absolute atomic E-state index is 0.0314. The van der Waals surface area contributed by atoms with Gasteiger partial charge in [0.15, 0.2) is 5.65 Å². The largest absolute Gasteiger partial charge is 0.342 e. The summed E-state index contributed by atoms with van der Waals surface area (Å²) in [5.41, 5.74) is 3.01. The highest BCUT2D eigenvalue weighted by atomic mass is 16.2. The van der Waals surface area contributed by atoms with Crippen LogP contribution in [0.5, 0.6) is 0 Å². The molecular formula is C25H29N5O2. The van der Waals surface area contributed by atoms with Crippen molar-refractivity contribution in [1.82, 2.24) is 24.4 Å². The molecule has 7 heteroatoms. The van der Waals surface area contributed by atoms with E-state index in [-0.39, 0.29) is 17.7 Å². The van der Waals surface area contributed by atoms with Crippen LogP contribution in [0.4, 0.5) is 0 Å². The van der Waals surface area contributed by atoms with Crippen molar-refractivity contribution in [2.45, 2.75) is 38.5 Å². The van der Waals surface area contributed by atoms with Crippen molar-refractivity contribution in [3.63, 3.8) is 0 Å². The van der Waals surface area contributed by atoms with Crippen molar-refractivity contribution in [3.05, 3.63) is 54.4 Å². The molecule has 32 heavy (non-hydrogen) atoms. The fraction of sp³-hybridized carbons (Fsp3) is 0.440. The fourth-order valence-corrected chi connectivity index (χ4v) is 4.92. The van der Waals surface area contributed by atoms with Gasteiger partial charge in [0.1, 0.15) is 5.56 Å². The molecule has 4 heterocycles. The summed E-state index contributed by atoms with van der Waals surface area (Å²) in [7, 11) is 0. The second kappa shape index (κ2) is 9.10. The second-order valence-electron chi connectivity index (χ2n) is 8.80. The first-order valence-corrected chi connectivity index (χ1v) is 11.7. The molecule has 0 radical (unpaired) electrons. The number of carbonyl (C=O) groups is 2. The van der Waals surface area contributed by atoms with Crippen molar-refractivity contribution in [3.8, 4) is 11.3 Å². The van der Waals surface area contributed by atoms with Gasteiger partial charge in [-0.05, 0) is 31.7 Å². The molecule has 2 aromatic heterocycles. The molecular weight excluding hydrogens is 402 g/mol. The Bertz CT molecular complexity index is 1090. The minimum atomic E-state index is -0.0571. The molecule has 0 aliphatic carbocycles. The number of rotatable bonds is 3. The molecule has 166 valence electrons. The van der Waals surface area contributed by atoms with Gasteiger partial charge in [-0.1, -0.05) is 43.2 Å². The Hall–Kier alpha value is -3.22. The highest BCUT2D eigenvalue weighted by molar-refractivity contribution is 6.00. The molecule has 0 N–H and O–H groups in total. The number of likely N-dealkylation sites (tertiary alicyclic amines) is 2. The minimum Gasteiger partial charge on any atom is -0.342 e. The number of piperidine rings is 1. The molecule has 2 amide bonds. The Balaban J connectivity index is 1.29. The van der Waals surface area contributed by atoms with Gasteiger partial charge in [-0.2, -0.15) is 5.10 Å². The first-order valence-electron chi connectivity index (χ1n) is 11.7. The zero-order valence-electron chi connectivity index (χ0n) is 18.3. The average molecular weight is 432 g/mol. The molecule has 5 rings (SSSR count). The summed E-state index contributed by atoms with van der Waals surface area (Å²) < 4.78 is 1.73. The number of hydrogen-bond donors (Lipinski definition) is 0. The molecule has 0 spiro atoms. The van der Waals surface area contributed by atoms with Crippen LogP contribution in [0.15, 0.2) is 48.8 Å². The van der Waals surface area contributed by atoms with Gasteiger partial charge >= 0.3 is 0 Å².